The van der Waals surface area contributed by atoms with Crippen LogP contribution < -0.4 is 5.32 Å². The van der Waals surface area contributed by atoms with Crippen LogP contribution in [0.4, 0.5) is 11.4 Å². The number of hydrogen-bond donors (Lipinski definition) is 1. The normalized spacial score (nSPS) is 12.3. The van der Waals surface area contributed by atoms with Crippen molar-refractivity contribution in [2.75, 3.05) is 19.0 Å². The second kappa shape index (κ2) is 6.49. The lowest BCUT2D eigenvalue weighted by atomic mass is 10.1. The van der Waals surface area contributed by atoms with Gasteiger partial charge in [0.25, 0.3) is 5.69 Å². The van der Waals surface area contributed by atoms with E-state index in [1.165, 1.54) is 6.07 Å². The highest BCUT2D eigenvalue weighted by atomic mass is 16.6. The zero-order chi connectivity index (χ0) is 15.4. The van der Waals surface area contributed by atoms with Crippen molar-refractivity contribution in [1.29, 1.82) is 0 Å². The van der Waals surface area contributed by atoms with Gasteiger partial charge >= 0.3 is 0 Å². The maximum absolute atomic E-state index is 11.1. The molecule has 0 amide bonds. The van der Waals surface area contributed by atoms with Crippen LogP contribution in [0.5, 0.6) is 0 Å². The quantitative estimate of drug-likeness (QED) is 0.652. The van der Waals surface area contributed by atoms with Crippen molar-refractivity contribution in [3.05, 3.63) is 40.1 Å². The molecule has 0 radical (unpaired) electrons. The van der Waals surface area contributed by atoms with Gasteiger partial charge in [-0.25, -0.2) is 4.98 Å². The van der Waals surface area contributed by atoms with E-state index in [-0.39, 0.29) is 11.7 Å². The molecule has 0 aliphatic rings. The molecule has 1 aromatic carbocycles. The molecule has 1 unspecified atom stereocenters. The monoisotopic (exact) mass is 289 g/mol. The number of benzene rings is 1. The number of aromatic nitrogens is 1. The molecule has 0 aliphatic heterocycles. The first-order valence-corrected chi connectivity index (χ1v) is 6.83. The Morgan fingerprint density at radius 3 is 2.90 bits per heavy atom. The standard InChI is InChI=1S/C15H19N3O3/c1-10(7-8-21-3)16-13-9-11(2)17-15-12(13)5-4-6-14(15)18(19)20/h4-6,9-10H,7-8H2,1-3H3,(H,16,17). The maximum Gasteiger partial charge on any atom is 0.295 e. The Labute approximate surface area is 123 Å². The van der Waals surface area contributed by atoms with Crippen LogP contribution in [0.1, 0.15) is 19.0 Å². The van der Waals surface area contributed by atoms with Crippen LogP contribution in [0.3, 0.4) is 0 Å². The molecule has 1 N–H and O–H groups in total. The Hall–Kier alpha value is -2.21. The fourth-order valence-electron chi connectivity index (χ4n) is 2.26. The zero-order valence-corrected chi connectivity index (χ0v) is 12.4. The number of non-ortho nitro benzene ring substituents is 1. The number of fused-ring (bicyclic) bond motifs is 1. The van der Waals surface area contributed by atoms with Gasteiger partial charge in [-0.2, -0.15) is 0 Å². The minimum Gasteiger partial charge on any atom is -0.385 e. The topological polar surface area (TPSA) is 77.3 Å². The van der Waals surface area contributed by atoms with E-state index in [0.29, 0.717) is 12.1 Å². The lowest BCUT2D eigenvalue weighted by Crippen LogP contribution is -2.17. The predicted octanol–water partition coefficient (Wildman–Crippen LogP) is 3.29. The summed E-state index contributed by atoms with van der Waals surface area (Å²) in [6, 6.07) is 7.12. The Morgan fingerprint density at radius 2 is 2.24 bits per heavy atom. The van der Waals surface area contributed by atoms with Crippen LogP contribution in [-0.2, 0) is 4.74 Å². The summed E-state index contributed by atoms with van der Waals surface area (Å²) in [5.41, 5.74) is 2.07. The summed E-state index contributed by atoms with van der Waals surface area (Å²) < 4.78 is 5.07. The van der Waals surface area contributed by atoms with Gasteiger partial charge in [0.2, 0.25) is 0 Å². The van der Waals surface area contributed by atoms with Crippen LogP contribution in [-0.4, -0.2) is 29.7 Å². The third-order valence-corrected chi connectivity index (χ3v) is 3.30. The molecule has 112 valence electrons. The number of ether oxygens (including phenoxy) is 1. The van der Waals surface area contributed by atoms with E-state index in [1.807, 2.05) is 19.1 Å². The van der Waals surface area contributed by atoms with E-state index >= 15 is 0 Å². The number of methoxy groups -OCH3 is 1. The van der Waals surface area contributed by atoms with E-state index in [0.717, 1.165) is 23.2 Å². The second-order valence-electron chi connectivity index (χ2n) is 5.07. The third kappa shape index (κ3) is 3.46. The number of nitro groups is 1. The molecule has 1 atom stereocenters. The summed E-state index contributed by atoms with van der Waals surface area (Å²) in [7, 11) is 1.67. The molecule has 0 saturated carbocycles. The fraction of sp³-hybridized carbons (Fsp3) is 0.400. The molecule has 6 heteroatoms. The molecule has 0 saturated heterocycles. The number of pyridine rings is 1. The molecule has 0 bridgehead atoms. The summed E-state index contributed by atoms with van der Waals surface area (Å²) in [4.78, 5) is 15.1. The Balaban J connectivity index is 2.44. The highest BCUT2D eigenvalue weighted by molar-refractivity contribution is 5.96. The van der Waals surface area contributed by atoms with Crippen molar-refractivity contribution in [3.8, 4) is 0 Å². The minimum absolute atomic E-state index is 0.0313. The van der Waals surface area contributed by atoms with Crippen molar-refractivity contribution in [1.82, 2.24) is 4.98 Å². The van der Waals surface area contributed by atoms with Crippen molar-refractivity contribution in [2.24, 2.45) is 0 Å². The van der Waals surface area contributed by atoms with E-state index in [9.17, 15) is 10.1 Å². The fourth-order valence-corrected chi connectivity index (χ4v) is 2.26. The lowest BCUT2D eigenvalue weighted by molar-refractivity contribution is -0.383. The summed E-state index contributed by atoms with van der Waals surface area (Å²) in [5.74, 6) is 0. The van der Waals surface area contributed by atoms with Crippen LogP contribution >= 0.6 is 0 Å². The molecule has 6 nitrogen and oxygen atoms in total. The SMILES string of the molecule is COCCC(C)Nc1cc(C)nc2c([N+](=O)[O-])cccc12. The van der Waals surface area contributed by atoms with Crippen molar-refractivity contribution in [2.45, 2.75) is 26.3 Å². The molecular formula is C15H19N3O3. The number of nitro benzene ring substituents is 1. The highest BCUT2D eigenvalue weighted by Gasteiger charge is 2.16. The van der Waals surface area contributed by atoms with Crippen LogP contribution in [0.2, 0.25) is 0 Å². The number of anilines is 1. The van der Waals surface area contributed by atoms with Crippen LogP contribution in [0.15, 0.2) is 24.3 Å². The smallest absolute Gasteiger partial charge is 0.295 e. The van der Waals surface area contributed by atoms with Gasteiger partial charge in [-0.05, 0) is 26.3 Å². The summed E-state index contributed by atoms with van der Waals surface area (Å²) in [6.07, 6.45) is 0.855. The summed E-state index contributed by atoms with van der Waals surface area (Å²) >= 11 is 0. The van der Waals surface area contributed by atoms with Gasteiger partial charge in [0, 0.05) is 42.6 Å². The molecule has 0 spiro atoms. The van der Waals surface area contributed by atoms with Gasteiger partial charge in [0.05, 0.1) is 4.92 Å². The Bertz CT molecular complexity index is 658. The molecular weight excluding hydrogens is 270 g/mol. The first kappa shape index (κ1) is 15.2. The van der Waals surface area contributed by atoms with E-state index in [1.54, 1.807) is 13.2 Å². The minimum atomic E-state index is -0.396. The van der Waals surface area contributed by atoms with Crippen LogP contribution in [0, 0.1) is 17.0 Å². The number of rotatable bonds is 6. The highest BCUT2D eigenvalue weighted by Crippen LogP contribution is 2.30. The predicted molar refractivity (Wildman–Crippen MR) is 82.7 cm³/mol. The summed E-state index contributed by atoms with van der Waals surface area (Å²) in [6.45, 7) is 4.55. The zero-order valence-electron chi connectivity index (χ0n) is 12.4. The van der Waals surface area contributed by atoms with Crippen LogP contribution in [0.25, 0.3) is 10.9 Å². The number of nitrogens with zero attached hydrogens (tertiary/aromatic N) is 2. The first-order valence-electron chi connectivity index (χ1n) is 6.83. The number of para-hydroxylation sites is 1. The van der Waals surface area contributed by atoms with Gasteiger partial charge in [-0.1, -0.05) is 12.1 Å². The van der Waals surface area contributed by atoms with E-state index in [4.69, 9.17) is 4.74 Å². The van der Waals surface area contributed by atoms with Crippen molar-refractivity contribution >= 4 is 22.3 Å². The Kier molecular flexibility index (Phi) is 4.70. The maximum atomic E-state index is 11.1. The second-order valence-corrected chi connectivity index (χ2v) is 5.07. The molecule has 2 rings (SSSR count). The summed E-state index contributed by atoms with van der Waals surface area (Å²) in [5, 5.41) is 15.3. The molecule has 2 aromatic rings. The molecule has 1 heterocycles. The first-order chi connectivity index (χ1) is 10.0. The van der Waals surface area contributed by atoms with E-state index < -0.39 is 4.92 Å². The van der Waals surface area contributed by atoms with Crippen molar-refractivity contribution in [3.63, 3.8) is 0 Å². The molecule has 0 aliphatic carbocycles. The van der Waals surface area contributed by atoms with Gasteiger partial charge in [-0.15, -0.1) is 0 Å². The van der Waals surface area contributed by atoms with Gasteiger partial charge in [0.1, 0.15) is 0 Å². The number of hydrogen-bond acceptors (Lipinski definition) is 5. The molecule has 1 aromatic heterocycles. The van der Waals surface area contributed by atoms with Gasteiger partial charge in [-0.3, -0.25) is 10.1 Å². The average molecular weight is 289 g/mol. The van der Waals surface area contributed by atoms with Gasteiger partial charge < -0.3 is 10.1 Å². The Morgan fingerprint density at radius 1 is 1.48 bits per heavy atom. The van der Waals surface area contributed by atoms with Gasteiger partial charge in [0.15, 0.2) is 5.52 Å². The van der Waals surface area contributed by atoms with Crippen molar-refractivity contribution < 1.29 is 9.66 Å². The molecule has 0 fully saturated rings. The third-order valence-electron chi connectivity index (χ3n) is 3.30. The number of aryl methyl sites for hydroxylation is 1. The molecule has 21 heavy (non-hydrogen) atoms. The van der Waals surface area contributed by atoms with E-state index in [2.05, 4.69) is 17.2 Å². The largest absolute Gasteiger partial charge is 0.385 e. The lowest BCUT2D eigenvalue weighted by Gasteiger charge is -2.17. The average Bonchev–Trinajstić information content (AvgIpc) is 2.44. The number of nitrogens with one attached hydrogen (secondary N) is 1.